The lowest BCUT2D eigenvalue weighted by atomic mass is 9.99. The number of rotatable bonds is 5. The first-order valence-corrected chi connectivity index (χ1v) is 7.49. The lowest BCUT2D eigenvalue weighted by Crippen LogP contribution is -2.21. The minimum absolute atomic E-state index is 0.676. The minimum atomic E-state index is 0.676. The van der Waals surface area contributed by atoms with Gasteiger partial charge in [0.25, 0.3) is 0 Å². The van der Waals surface area contributed by atoms with Gasteiger partial charge in [-0.25, -0.2) is 5.43 Å². The quantitative estimate of drug-likeness (QED) is 0.689. The highest BCUT2D eigenvalue weighted by atomic mass is 15.3. The highest BCUT2D eigenvalue weighted by Gasteiger charge is 2.04. The summed E-state index contributed by atoms with van der Waals surface area (Å²) in [6.07, 6.45) is 0. The number of nitrogens with one attached hydrogen (secondary N) is 2. The molecule has 0 unspecified atom stereocenters. The van der Waals surface area contributed by atoms with E-state index in [1.807, 2.05) is 66.7 Å². The molecule has 0 saturated heterocycles. The number of anilines is 1. The van der Waals surface area contributed by atoms with E-state index in [2.05, 4.69) is 29.1 Å². The van der Waals surface area contributed by atoms with E-state index in [-0.39, 0.29) is 0 Å². The molecule has 0 aliphatic carbocycles. The van der Waals surface area contributed by atoms with Crippen molar-refractivity contribution in [2.75, 3.05) is 5.43 Å². The van der Waals surface area contributed by atoms with Crippen molar-refractivity contribution in [3.63, 3.8) is 0 Å². The SMILES string of the molecule is N#Cc1ccc(-c2ccccc2CNNc2ccccc2)cc1. The van der Waals surface area contributed by atoms with E-state index in [4.69, 9.17) is 5.26 Å². The van der Waals surface area contributed by atoms with E-state index in [0.29, 0.717) is 12.1 Å². The number of benzene rings is 3. The van der Waals surface area contributed by atoms with Crippen LogP contribution < -0.4 is 10.9 Å². The van der Waals surface area contributed by atoms with E-state index in [1.165, 1.54) is 11.1 Å². The molecule has 3 heteroatoms. The first-order chi connectivity index (χ1) is 11.4. The van der Waals surface area contributed by atoms with E-state index >= 15 is 0 Å². The third kappa shape index (κ3) is 3.76. The molecule has 3 nitrogen and oxygen atoms in total. The number of hydrazine groups is 1. The maximum absolute atomic E-state index is 8.91. The van der Waals surface area contributed by atoms with E-state index < -0.39 is 0 Å². The Bertz CT molecular complexity index is 802. The van der Waals surface area contributed by atoms with Gasteiger partial charge in [0.1, 0.15) is 0 Å². The summed E-state index contributed by atoms with van der Waals surface area (Å²) in [6, 6.07) is 28.1. The molecule has 0 bridgehead atoms. The van der Waals surface area contributed by atoms with E-state index in [1.54, 1.807) is 0 Å². The van der Waals surface area contributed by atoms with Crippen molar-refractivity contribution < 1.29 is 0 Å². The second kappa shape index (κ2) is 7.26. The zero-order valence-electron chi connectivity index (χ0n) is 12.7. The molecule has 0 aliphatic rings. The molecule has 23 heavy (non-hydrogen) atoms. The molecule has 3 rings (SSSR count). The normalized spacial score (nSPS) is 10.0. The summed E-state index contributed by atoms with van der Waals surface area (Å²) in [5.41, 5.74) is 11.6. The Morgan fingerprint density at radius 1 is 0.783 bits per heavy atom. The smallest absolute Gasteiger partial charge is 0.0991 e. The number of hydrogen-bond acceptors (Lipinski definition) is 3. The monoisotopic (exact) mass is 299 g/mol. The molecule has 0 saturated carbocycles. The lowest BCUT2D eigenvalue weighted by Gasteiger charge is -2.12. The topological polar surface area (TPSA) is 47.9 Å². The van der Waals surface area contributed by atoms with Crippen LogP contribution in [0.15, 0.2) is 78.9 Å². The number of para-hydroxylation sites is 1. The maximum atomic E-state index is 8.91. The molecular formula is C20H17N3. The lowest BCUT2D eigenvalue weighted by molar-refractivity contribution is 0.803. The zero-order valence-corrected chi connectivity index (χ0v) is 12.7. The predicted molar refractivity (Wildman–Crippen MR) is 93.5 cm³/mol. The molecule has 112 valence electrons. The molecule has 0 spiro atoms. The number of nitrogens with zero attached hydrogens (tertiary/aromatic N) is 1. The van der Waals surface area contributed by atoms with Crippen LogP contribution in [0.2, 0.25) is 0 Å². The molecule has 3 aromatic rings. The van der Waals surface area contributed by atoms with Crippen molar-refractivity contribution in [2.24, 2.45) is 0 Å². The average Bonchev–Trinajstić information content (AvgIpc) is 2.63. The average molecular weight is 299 g/mol. The van der Waals surface area contributed by atoms with Gasteiger partial charge >= 0.3 is 0 Å². The van der Waals surface area contributed by atoms with Crippen LogP contribution in [0.1, 0.15) is 11.1 Å². The molecule has 0 amide bonds. The molecule has 0 aromatic heterocycles. The van der Waals surface area contributed by atoms with Crippen LogP contribution in [0.25, 0.3) is 11.1 Å². The van der Waals surface area contributed by atoms with Gasteiger partial charge in [-0.2, -0.15) is 5.26 Å². The summed E-state index contributed by atoms with van der Waals surface area (Å²) < 4.78 is 0. The number of hydrogen-bond donors (Lipinski definition) is 2. The summed E-state index contributed by atoms with van der Waals surface area (Å²) in [7, 11) is 0. The summed E-state index contributed by atoms with van der Waals surface area (Å²) in [4.78, 5) is 0. The zero-order chi connectivity index (χ0) is 15.9. The van der Waals surface area contributed by atoms with Crippen molar-refractivity contribution >= 4 is 5.69 Å². The fraction of sp³-hybridized carbons (Fsp3) is 0.0500. The van der Waals surface area contributed by atoms with Gasteiger partial charge < -0.3 is 5.43 Å². The second-order valence-electron chi connectivity index (χ2n) is 5.19. The van der Waals surface area contributed by atoms with Gasteiger partial charge in [-0.1, -0.05) is 54.6 Å². The highest BCUT2D eigenvalue weighted by Crippen LogP contribution is 2.24. The number of nitriles is 1. The Balaban J connectivity index is 1.74. The summed E-state index contributed by atoms with van der Waals surface area (Å²) in [6.45, 7) is 0.699. The van der Waals surface area contributed by atoms with Gasteiger partial charge in [-0.05, 0) is 41.0 Å². The predicted octanol–water partition coefficient (Wildman–Crippen LogP) is 4.34. The molecule has 0 heterocycles. The Morgan fingerprint density at radius 3 is 2.22 bits per heavy atom. The van der Waals surface area contributed by atoms with Crippen LogP contribution in [0, 0.1) is 11.3 Å². The van der Waals surface area contributed by atoms with Crippen LogP contribution in [0.3, 0.4) is 0 Å². The van der Waals surface area contributed by atoms with Gasteiger partial charge in [0.05, 0.1) is 11.6 Å². The Labute approximate surface area is 136 Å². The Morgan fingerprint density at radius 2 is 1.48 bits per heavy atom. The maximum Gasteiger partial charge on any atom is 0.0991 e. The molecule has 2 N–H and O–H groups in total. The standard InChI is InChI=1S/C20H17N3/c21-14-16-10-12-17(13-11-16)20-9-5-4-6-18(20)15-22-23-19-7-2-1-3-8-19/h1-13,22-23H,15H2. The Kier molecular flexibility index (Phi) is 4.68. The van der Waals surface area contributed by atoms with Gasteiger partial charge in [-0.15, -0.1) is 0 Å². The minimum Gasteiger partial charge on any atom is -0.321 e. The molecule has 0 fully saturated rings. The van der Waals surface area contributed by atoms with Crippen LogP contribution in [0.4, 0.5) is 5.69 Å². The summed E-state index contributed by atoms with van der Waals surface area (Å²) in [5, 5.41) is 8.91. The van der Waals surface area contributed by atoms with Gasteiger partial charge in [0.15, 0.2) is 0 Å². The van der Waals surface area contributed by atoms with Crippen molar-refractivity contribution in [1.82, 2.24) is 5.43 Å². The van der Waals surface area contributed by atoms with Crippen molar-refractivity contribution in [2.45, 2.75) is 6.54 Å². The van der Waals surface area contributed by atoms with Crippen LogP contribution in [-0.4, -0.2) is 0 Å². The van der Waals surface area contributed by atoms with Crippen molar-refractivity contribution in [1.29, 1.82) is 5.26 Å². The van der Waals surface area contributed by atoms with E-state index in [0.717, 1.165) is 11.3 Å². The highest BCUT2D eigenvalue weighted by molar-refractivity contribution is 5.68. The van der Waals surface area contributed by atoms with Crippen LogP contribution in [-0.2, 0) is 6.54 Å². The third-order valence-corrected chi connectivity index (χ3v) is 3.63. The molecule has 3 aromatic carbocycles. The fourth-order valence-corrected chi connectivity index (χ4v) is 2.44. The molecule has 0 atom stereocenters. The fourth-order valence-electron chi connectivity index (χ4n) is 2.44. The second-order valence-corrected chi connectivity index (χ2v) is 5.19. The Hall–Kier alpha value is -3.09. The van der Waals surface area contributed by atoms with Gasteiger partial charge in [0, 0.05) is 12.2 Å². The molecule has 0 aliphatic heterocycles. The largest absolute Gasteiger partial charge is 0.321 e. The van der Waals surface area contributed by atoms with Gasteiger partial charge in [-0.3, -0.25) is 0 Å². The summed E-state index contributed by atoms with van der Waals surface area (Å²) >= 11 is 0. The van der Waals surface area contributed by atoms with E-state index in [9.17, 15) is 0 Å². The van der Waals surface area contributed by atoms with Crippen molar-refractivity contribution in [3.05, 3.63) is 90.0 Å². The summed E-state index contributed by atoms with van der Waals surface area (Å²) in [5.74, 6) is 0. The third-order valence-electron chi connectivity index (χ3n) is 3.63. The van der Waals surface area contributed by atoms with Crippen LogP contribution in [0.5, 0.6) is 0 Å². The van der Waals surface area contributed by atoms with Crippen molar-refractivity contribution in [3.8, 4) is 17.2 Å². The molecule has 0 radical (unpaired) electrons. The first kappa shape index (κ1) is 14.8. The molecular weight excluding hydrogens is 282 g/mol. The van der Waals surface area contributed by atoms with Gasteiger partial charge in [0.2, 0.25) is 0 Å². The van der Waals surface area contributed by atoms with Crippen LogP contribution >= 0.6 is 0 Å². The first-order valence-electron chi connectivity index (χ1n) is 7.49.